The van der Waals surface area contributed by atoms with Gasteiger partial charge in [-0.2, -0.15) is 0 Å². The molecule has 0 spiro atoms. The highest BCUT2D eigenvalue weighted by Crippen LogP contribution is 2.08. The molecule has 3 N–H and O–H groups in total. The highest BCUT2D eigenvalue weighted by atomic mass is 19.1. The van der Waals surface area contributed by atoms with E-state index in [1.807, 2.05) is 0 Å². The van der Waals surface area contributed by atoms with Crippen molar-refractivity contribution < 1.29 is 23.9 Å². The summed E-state index contributed by atoms with van der Waals surface area (Å²) in [5.74, 6) is -1.66. The van der Waals surface area contributed by atoms with Crippen molar-refractivity contribution in [2.24, 2.45) is 0 Å². The second-order valence-corrected chi connectivity index (χ2v) is 4.30. The Labute approximate surface area is 126 Å². The van der Waals surface area contributed by atoms with Gasteiger partial charge in [0.2, 0.25) is 11.8 Å². The molecule has 3 amide bonds. The van der Waals surface area contributed by atoms with Gasteiger partial charge in [0.05, 0.1) is 6.54 Å². The van der Waals surface area contributed by atoms with Crippen LogP contribution in [0.5, 0.6) is 0 Å². The minimum Gasteiger partial charge on any atom is -0.352 e. The molecular weight excluding hydrogens is 293 g/mol. The smallest absolute Gasteiger partial charge is 0.252 e. The molecule has 0 heterocycles. The van der Waals surface area contributed by atoms with E-state index < -0.39 is 31.0 Å². The first-order valence-electron chi connectivity index (χ1n) is 6.62. The van der Waals surface area contributed by atoms with Crippen LogP contribution in [0.15, 0.2) is 24.3 Å². The van der Waals surface area contributed by atoms with Crippen molar-refractivity contribution in [1.82, 2.24) is 16.0 Å². The normalized spacial score (nSPS) is 9.91. The number of hydrogen-bond acceptors (Lipinski definition) is 3. The molecule has 1 rings (SSSR count). The fourth-order valence-corrected chi connectivity index (χ4v) is 1.65. The zero-order valence-electron chi connectivity index (χ0n) is 11.9. The van der Waals surface area contributed by atoms with Crippen LogP contribution in [-0.2, 0) is 21.2 Å². The van der Waals surface area contributed by atoms with Gasteiger partial charge in [-0.15, -0.1) is 0 Å². The predicted octanol–water partition coefficient (Wildman–Crippen LogP) is -0.451. The maximum Gasteiger partial charge on any atom is 0.252 e. The van der Waals surface area contributed by atoms with E-state index >= 15 is 0 Å². The molecule has 1 aromatic rings. The average Bonchev–Trinajstić information content (AvgIpc) is 2.55. The van der Waals surface area contributed by atoms with Gasteiger partial charge in [-0.1, -0.05) is 18.2 Å². The largest absolute Gasteiger partial charge is 0.352 e. The van der Waals surface area contributed by atoms with Crippen LogP contribution in [0.3, 0.4) is 0 Å². The lowest BCUT2D eigenvalue weighted by Crippen LogP contribution is -2.38. The molecule has 0 aliphatic heterocycles. The summed E-state index contributed by atoms with van der Waals surface area (Å²) in [6.45, 7) is -1.91. The van der Waals surface area contributed by atoms with Crippen LogP contribution >= 0.6 is 0 Å². The number of carbonyl (C=O) groups excluding carboxylic acids is 3. The Morgan fingerprint density at radius 2 is 1.73 bits per heavy atom. The number of benzene rings is 1. The van der Waals surface area contributed by atoms with Crippen LogP contribution in [0, 0.1) is 0 Å². The molecule has 1 radical (unpaired) electrons. The van der Waals surface area contributed by atoms with Crippen molar-refractivity contribution >= 4 is 17.7 Å². The van der Waals surface area contributed by atoms with Gasteiger partial charge in [0.15, 0.2) is 6.61 Å². The van der Waals surface area contributed by atoms with Gasteiger partial charge in [0, 0.05) is 18.7 Å². The molecule has 0 atom stereocenters. The number of amides is 3. The first-order valence-corrected chi connectivity index (χ1v) is 6.62. The number of nitrogens with one attached hydrogen (secondary N) is 3. The second kappa shape index (κ2) is 9.46. The van der Waals surface area contributed by atoms with E-state index in [0.717, 1.165) is 0 Å². The minimum absolute atomic E-state index is 0.0404. The maximum atomic E-state index is 12.0. The molecule has 0 fully saturated rings. The van der Waals surface area contributed by atoms with Gasteiger partial charge in [0.1, 0.15) is 6.67 Å². The second-order valence-electron chi connectivity index (χ2n) is 4.30. The van der Waals surface area contributed by atoms with Gasteiger partial charge in [-0.3, -0.25) is 14.4 Å². The summed E-state index contributed by atoms with van der Waals surface area (Å²) in [4.78, 5) is 34.3. The van der Waals surface area contributed by atoms with Gasteiger partial charge in [-0.25, -0.2) is 9.50 Å². The van der Waals surface area contributed by atoms with Gasteiger partial charge < -0.3 is 16.0 Å². The minimum atomic E-state index is -0.886. The molecule has 22 heavy (non-hydrogen) atoms. The summed E-state index contributed by atoms with van der Waals surface area (Å²) in [5.41, 5.74) is 0.804. The Kier molecular flexibility index (Phi) is 7.55. The summed E-state index contributed by atoms with van der Waals surface area (Å²) in [5, 5.41) is 17.4. The fraction of sp³-hybridized carbons (Fsp3) is 0.357. The summed E-state index contributed by atoms with van der Waals surface area (Å²) in [6, 6.07) is 6.48. The summed E-state index contributed by atoms with van der Waals surface area (Å²) < 4.78 is 11.9. The highest BCUT2D eigenvalue weighted by Gasteiger charge is 2.12. The van der Waals surface area contributed by atoms with E-state index in [4.69, 9.17) is 0 Å². The Morgan fingerprint density at radius 1 is 1.00 bits per heavy atom. The van der Waals surface area contributed by atoms with Crippen LogP contribution < -0.4 is 16.0 Å². The molecule has 0 unspecified atom stereocenters. The monoisotopic (exact) mass is 310 g/mol. The Hall–Kier alpha value is -2.48. The van der Waals surface area contributed by atoms with Crippen LogP contribution in [0.1, 0.15) is 15.9 Å². The quantitative estimate of drug-likeness (QED) is 0.605. The lowest BCUT2D eigenvalue weighted by atomic mass is 10.1. The molecule has 0 aliphatic carbocycles. The third-order valence-electron chi connectivity index (χ3n) is 2.70. The van der Waals surface area contributed by atoms with Crippen LogP contribution in [0.25, 0.3) is 0 Å². The SMILES string of the molecule is [O]CC(=O)NCc1ccccc1C(=O)NCC(=O)NCCF. The van der Waals surface area contributed by atoms with Crippen molar-refractivity contribution in [2.75, 3.05) is 26.4 Å². The number of halogens is 1. The maximum absolute atomic E-state index is 12.0. The average molecular weight is 310 g/mol. The predicted molar refractivity (Wildman–Crippen MR) is 75.2 cm³/mol. The molecule has 0 bridgehead atoms. The van der Waals surface area contributed by atoms with E-state index in [0.29, 0.717) is 5.56 Å². The van der Waals surface area contributed by atoms with Crippen LogP contribution in [0.4, 0.5) is 4.39 Å². The molecule has 0 saturated carbocycles. The van der Waals surface area contributed by atoms with E-state index in [-0.39, 0.29) is 25.2 Å². The van der Waals surface area contributed by atoms with E-state index in [9.17, 15) is 23.9 Å². The molecule has 8 heteroatoms. The third kappa shape index (κ3) is 5.88. The molecular formula is C14H17FN3O4. The Morgan fingerprint density at radius 3 is 2.41 bits per heavy atom. The van der Waals surface area contributed by atoms with Crippen LogP contribution in [0.2, 0.25) is 0 Å². The standard InChI is InChI=1S/C14H17FN3O4/c15-5-6-16-12(20)8-18-14(22)11-4-2-1-3-10(11)7-17-13(21)9-19/h1-4H,5-9H2,(H,16,20)(H,17,21)(H,18,22). The summed E-state index contributed by atoms with van der Waals surface area (Å²) in [7, 11) is 0. The zero-order valence-corrected chi connectivity index (χ0v) is 11.9. The van der Waals surface area contributed by atoms with Crippen molar-refractivity contribution in [3.8, 4) is 0 Å². The molecule has 0 aliphatic rings. The molecule has 0 saturated heterocycles. The van der Waals surface area contributed by atoms with Gasteiger partial charge in [0.25, 0.3) is 5.91 Å². The van der Waals surface area contributed by atoms with Crippen molar-refractivity contribution in [1.29, 1.82) is 0 Å². The van der Waals surface area contributed by atoms with Gasteiger partial charge >= 0.3 is 0 Å². The zero-order chi connectivity index (χ0) is 16.4. The third-order valence-corrected chi connectivity index (χ3v) is 2.70. The molecule has 0 aromatic heterocycles. The number of rotatable bonds is 8. The lowest BCUT2D eigenvalue weighted by Gasteiger charge is -2.10. The topological polar surface area (TPSA) is 107 Å². The molecule has 7 nitrogen and oxygen atoms in total. The highest BCUT2D eigenvalue weighted by molar-refractivity contribution is 5.97. The van der Waals surface area contributed by atoms with Crippen LogP contribution in [-0.4, -0.2) is 44.1 Å². The number of carbonyl (C=O) groups is 3. The van der Waals surface area contributed by atoms with E-state index in [2.05, 4.69) is 16.0 Å². The Balaban J connectivity index is 2.61. The first kappa shape index (κ1) is 17.6. The molecule has 1 aromatic carbocycles. The van der Waals surface area contributed by atoms with Gasteiger partial charge in [-0.05, 0) is 11.6 Å². The molecule has 119 valence electrons. The van der Waals surface area contributed by atoms with E-state index in [1.54, 1.807) is 18.2 Å². The van der Waals surface area contributed by atoms with Crippen molar-refractivity contribution in [3.05, 3.63) is 35.4 Å². The van der Waals surface area contributed by atoms with Crippen molar-refractivity contribution in [3.63, 3.8) is 0 Å². The first-order chi connectivity index (χ1) is 10.6. The lowest BCUT2D eigenvalue weighted by molar-refractivity contribution is -0.125. The Bertz CT molecular complexity index is 537. The number of hydrogen-bond donors (Lipinski definition) is 3. The number of alkyl halides is 1. The summed E-state index contributed by atoms with van der Waals surface area (Å²) in [6.07, 6.45) is 0. The van der Waals surface area contributed by atoms with E-state index in [1.165, 1.54) is 6.07 Å². The fourth-order valence-electron chi connectivity index (χ4n) is 1.65. The van der Waals surface area contributed by atoms with Crippen molar-refractivity contribution in [2.45, 2.75) is 6.54 Å². The summed E-state index contributed by atoms with van der Waals surface area (Å²) >= 11 is 0.